The lowest BCUT2D eigenvalue weighted by atomic mass is 10.1. The number of imidazole rings is 1. The lowest BCUT2D eigenvalue weighted by molar-refractivity contribution is 0.384. The number of nitrogens with two attached hydrogens (primary N) is 1. The number of hydrogen-bond acceptors (Lipinski definition) is 6. The van der Waals surface area contributed by atoms with E-state index in [9.17, 15) is 8.42 Å². The van der Waals surface area contributed by atoms with Crippen LogP contribution < -0.4 is 15.2 Å². The first-order valence-electron chi connectivity index (χ1n) is 11.5. The van der Waals surface area contributed by atoms with Gasteiger partial charge in [-0.1, -0.05) is 30.3 Å². The van der Waals surface area contributed by atoms with Gasteiger partial charge in [-0.05, 0) is 68.5 Å². The van der Waals surface area contributed by atoms with Gasteiger partial charge in [0.25, 0.3) is 0 Å². The molecular weight excluding hydrogens is 462 g/mol. The van der Waals surface area contributed by atoms with Gasteiger partial charge in [-0.15, -0.1) is 0 Å². The average molecular weight is 492 g/mol. The number of fused-ring (bicyclic) bond motifs is 2. The van der Waals surface area contributed by atoms with Crippen LogP contribution in [-0.4, -0.2) is 35.6 Å². The number of methoxy groups -OCH3 is 1. The van der Waals surface area contributed by atoms with Crippen molar-refractivity contribution in [3.63, 3.8) is 0 Å². The topological polar surface area (TPSA) is 112 Å². The average Bonchev–Trinajstić information content (AvgIpc) is 3.36. The molecule has 5 rings (SSSR count). The van der Waals surface area contributed by atoms with Crippen LogP contribution >= 0.6 is 0 Å². The van der Waals surface area contributed by atoms with E-state index in [4.69, 9.17) is 10.5 Å². The van der Waals surface area contributed by atoms with Crippen molar-refractivity contribution in [1.29, 1.82) is 0 Å². The van der Waals surface area contributed by atoms with Gasteiger partial charge in [0.1, 0.15) is 4.90 Å². The van der Waals surface area contributed by atoms with Gasteiger partial charge in [0.15, 0.2) is 0 Å². The van der Waals surface area contributed by atoms with E-state index in [-0.39, 0.29) is 16.8 Å². The summed E-state index contributed by atoms with van der Waals surface area (Å²) < 4.78 is 36.2. The van der Waals surface area contributed by atoms with Crippen LogP contribution in [0.3, 0.4) is 0 Å². The standard InChI is InChI=1S/C26H29N5O3S/c1-26(2,3)30-35(32,33)23-14-18(15-28-24(23)34-4)17-9-11-20-22(13-17)31(25(27)29-20)21-12-10-16-7-5-6-8-19(16)21/h5-9,11,13-15,21,30H,10,12H2,1-4H3,(H2,27,29). The molecule has 2 aromatic carbocycles. The van der Waals surface area contributed by atoms with Crippen molar-refractivity contribution >= 4 is 27.0 Å². The summed E-state index contributed by atoms with van der Waals surface area (Å²) in [5.41, 5.74) is 11.5. The number of aryl methyl sites for hydroxylation is 1. The van der Waals surface area contributed by atoms with E-state index in [0.717, 1.165) is 29.4 Å². The molecule has 2 heterocycles. The lowest BCUT2D eigenvalue weighted by Crippen LogP contribution is -2.40. The SMILES string of the molecule is COc1ncc(-c2ccc3nc(N)n(C4CCc5ccccc54)c3c2)cc1S(=O)(=O)NC(C)(C)C. The van der Waals surface area contributed by atoms with E-state index in [1.165, 1.54) is 18.2 Å². The molecule has 0 saturated heterocycles. The van der Waals surface area contributed by atoms with Crippen molar-refractivity contribution in [2.75, 3.05) is 12.8 Å². The van der Waals surface area contributed by atoms with Gasteiger partial charge in [0.2, 0.25) is 21.9 Å². The summed E-state index contributed by atoms with van der Waals surface area (Å²) >= 11 is 0. The quantitative estimate of drug-likeness (QED) is 0.430. The van der Waals surface area contributed by atoms with Crippen LogP contribution in [-0.2, 0) is 16.4 Å². The monoisotopic (exact) mass is 491 g/mol. The molecule has 1 unspecified atom stereocenters. The molecule has 0 radical (unpaired) electrons. The van der Waals surface area contributed by atoms with Crippen molar-refractivity contribution in [2.24, 2.45) is 0 Å². The van der Waals surface area contributed by atoms with Crippen LogP contribution in [0.25, 0.3) is 22.2 Å². The lowest BCUT2D eigenvalue weighted by Gasteiger charge is -2.21. The molecule has 0 aliphatic heterocycles. The first kappa shape index (κ1) is 23.3. The number of pyridine rings is 1. The summed E-state index contributed by atoms with van der Waals surface area (Å²) in [6, 6.07) is 15.9. The number of hydrogen-bond donors (Lipinski definition) is 2. The van der Waals surface area contributed by atoms with Gasteiger partial charge < -0.3 is 15.0 Å². The molecule has 0 bridgehead atoms. The molecular formula is C26H29N5O3S. The molecule has 9 heteroatoms. The van der Waals surface area contributed by atoms with Gasteiger partial charge in [0, 0.05) is 17.3 Å². The number of benzene rings is 2. The number of aromatic nitrogens is 3. The summed E-state index contributed by atoms with van der Waals surface area (Å²) in [6.45, 7) is 5.36. The summed E-state index contributed by atoms with van der Waals surface area (Å²) in [5, 5.41) is 0. The van der Waals surface area contributed by atoms with E-state index in [0.29, 0.717) is 11.5 Å². The molecule has 1 aliphatic rings. The van der Waals surface area contributed by atoms with Crippen molar-refractivity contribution in [1.82, 2.24) is 19.3 Å². The van der Waals surface area contributed by atoms with Crippen molar-refractivity contribution in [3.8, 4) is 17.0 Å². The van der Waals surface area contributed by atoms with E-state index >= 15 is 0 Å². The van der Waals surface area contributed by atoms with Crippen molar-refractivity contribution in [2.45, 2.75) is 50.1 Å². The number of anilines is 1. The highest BCUT2D eigenvalue weighted by Gasteiger charge is 2.28. The third kappa shape index (κ3) is 4.26. The molecule has 35 heavy (non-hydrogen) atoms. The van der Waals surface area contributed by atoms with Crippen LogP contribution in [0.2, 0.25) is 0 Å². The zero-order valence-electron chi connectivity index (χ0n) is 20.2. The van der Waals surface area contributed by atoms with Gasteiger partial charge in [-0.3, -0.25) is 0 Å². The largest absolute Gasteiger partial charge is 0.480 e. The second-order valence-electron chi connectivity index (χ2n) is 9.88. The fourth-order valence-corrected chi connectivity index (χ4v) is 6.38. The van der Waals surface area contributed by atoms with Crippen LogP contribution in [0.15, 0.2) is 59.6 Å². The first-order chi connectivity index (χ1) is 16.6. The highest BCUT2D eigenvalue weighted by Crippen LogP contribution is 2.39. The van der Waals surface area contributed by atoms with Crippen molar-refractivity contribution < 1.29 is 13.2 Å². The minimum Gasteiger partial charge on any atom is -0.480 e. The molecule has 4 aromatic rings. The molecule has 0 amide bonds. The smallest absolute Gasteiger partial charge is 0.246 e. The maximum absolute atomic E-state index is 13.1. The Labute approximate surface area is 205 Å². The highest BCUT2D eigenvalue weighted by atomic mass is 32.2. The van der Waals surface area contributed by atoms with Crippen LogP contribution in [0.5, 0.6) is 5.88 Å². The van der Waals surface area contributed by atoms with Gasteiger partial charge >= 0.3 is 0 Å². The van der Waals surface area contributed by atoms with E-state index in [2.05, 4.69) is 43.5 Å². The molecule has 8 nitrogen and oxygen atoms in total. The minimum atomic E-state index is -3.86. The third-order valence-electron chi connectivity index (χ3n) is 6.20. The van der Waals surface area contributed by atoms with E-state index in [1.807, 2.05) is 18.2 Å². The summed E-state index contributed by atoms with van der Waals surface area (Å²) in [7, 11) is -2.45. The Hall–Kier alpha value is -3.43. The predicted molar refractivity (Wildman–Crippen MR) is 137 cm³/mol. The van der Waals surface area contributed by atoms with Crippen LogP contribution in [0.4, 0.5) is 5.95 Å². The fraction of sp³-hybridized carbons (Fsp3) is 0.308. The second kappa shape index (κ2) is 8.35. The Morgan fingerprint density at radius 3 is 2.63 bits per heavy atom. The second-order valence-corrected chi connectivity index (χ2v) is 11.5. The fourth-order valence-electron chi connectivity index (χ4n) is 4.82. The van der Waals surface area contributed by atoms with Crippen molar-refractivity contribution in [3.05, 3.63) is 65.9 Å². The van der Waals surface area contributed by atoms with Gasteiger partial charge in [-0.25, -0.2) is 23.1 Å². The van der Waals surface area contributed by atoms with Crippen LogP contribution in [0, 0.1) is 0 Å². The predicted octanol–water partition coefficient (Wildman–Crippen LogP) is 4.30. The van der Waals surface area contributed by atoms with Crippen LogP contribution in [0.1, 0.15) is 44.4 Å². The number of sulfonamides is 1. The van der Waals surface area contributed by atoms with Gasteiger partial charge in [-0.2, -0.15) is 0 Å². The maximum atomic E-state index is 13.1. The number of ether oxygens (including phenoxy) is 1. The Morgan fingerprint density at radius 1 is 1.11 bits per heavy atom. The first-order valence-corrected chi connectivity index (χ1v) is 13.0. The Bertz CT molecular complexity index is 1540. The molecule has 0 spiro atoms. The minimum absolute atomic E-state index is 0.00902. The Kier molecular flexibility index (Phi) is 5.56. The van der Waals surface area contributed by atoms with E-state index < -0.39 is 15.6 Å². The number of rotatable bonds is 5. The van der Waals surface area contributed by atoms with Gasteiger partial charge in [0.05, 0.1) is 24.2 Å². The summed E-state index contributed by atoms with van der Waals surface area (Å²) in [6.07, 6.45) is 3.55. The Balaban J connectivity index is 1.62. The molecule has 2 aromatic heterocycles. The zero-order valence-corrected chi connectivity index (χ0v) is 21.1. The normalized spacial score (nSPS) is 15.9. The van der Waals surface area contributed by atoms with E-state index in [1.54, 1.807) is 33.0 Å². The number of nitrogens with one attached hydrogen (secondary N) is 1. The third-order valence-corrected chi connectivity index (χ3v) is 7.96. The molecule has 0 fully saturated rings. The molecule has 182 valence electrons. The zero-order chi connectivity index (χ0) is 25.0. The molecule has 1 atom stereocenters. The molecule has 3 N–H and O–H groups in total. The highest BCUT2D eigenvalue weighted by molar-refractivity contribution is 7.89. The molecule has 0 saturated carbocycles. The Morgan fingerprint density at radius 2 is 1.89 bits per heavy atom. The molecule has 1 aliphatic carbocycles. The number of nitrogens with zero attached hydrogens (tertiary/aromatic N) is 3. The maximum Gasteiger partial charge on any atom is 0.246 e. The summed E-state index contributed by atoms with van der Waals surface area (Å²) in [5.74, 6) is 0.507. The number of nitrogen functional groups attached to an aromatic ring is 1. The summed E-state index contributed by atoms with van der Waals surface area (Å²) in [4.78, 5) is 8.88.